The predicted octanol–water partition coefficient (Wildman–Crippen LogP) is 4.89. The van der Waals surface area contributed by atoms with E-state index in [-0.39, 0.29) is 5.75 Å². The molecule has 1 N–H and O–H groups in total. The molecule has 0 atom stereocenters. The Morgan fingerprint density at radius 3 is 1.92 bits per heavy atom. The van der Waals surface area contributed by atoms with Gasteiger partial charge in [-0.05, 0) is 22.8 Å². The van der Waals surface area contributed by atoms with Crippen molar-refractivity contribution in [2.45, 2.75) is 6.29 Å². The van der Waals surface area contributed by atoms with Gasteiger partial charge in [-0.3, -0.25) is 0 Å². The predicted molar refractivity (Wildman–Crippen MR) is 89.3 cm³/mol. The summed E-state index contributed by atoms with van der Waals surface area (Å²) in [7, 11) is 0. The monoisotopic (exact) mass is 318 g/mol. The van der Waals surface area contributed by atoms with Crippen LogP contribution in [0.4, 0.5) is 4.79 Å². The summed E-state index contributed by atoms with van der Waals surface area (Å²) in [6.07, 6.45) is -1.59. The summed E-state index contributed by atoms with van der Waals surface area (Å²) in [5.41, 5.74) is 3.89. The molecule has 1 aliphatic rings. The normalized spacial score (nSPS) is 13.8. The van der Waals surface area contributed by atoms with Crippen LogP contribution in [0.3, 0.4) is 0 Å². The van der Waals surface area contributed by atoms with Gasteiger partial charge in [-0.25, -0.2) is 4.79 Å². The third-order valence-corrected chi connectivity index (χ3v) is 4.02. The van der Waals surface area contributed by atoms with Crippen LogP contribution in [-0.2, 0) is 9.47 Å². The number of aromatic hydroxyl groups is 1. The lowest BCUT2D eigenvalue weighted by atomic mass is 9.91. The van der Waals surface area contributed by atoms with Crippen LogP contribution in [0.5, 0.6) is 5.75 Å². The number of benzene rings is 3. The van der Waals surface area contributed by atoms with Gasteiger partial charge in [0.15, 0.2) is 0 Å². The number of carbonyl (C=O) groups excluding carboxylic acids is 1. The number of ether oxygens (including phenoxy) is 2. The van der Waals surface area contributed by atoms with Crippen molar-refractivity contribution in [3.8, 4) is 28.0 Å². The second kappa shape index (κ2) is 5.74. The number of carbonyl (C=O) groups is 1. The molecule has 1 heterocycles. The lowest BCUT2D eigenvalue weighted by Crippen LogP contribution is -2.27. The van der Waals surface area contributed by atoms with E-state index in [9.17, 15) is 9.90 Å². The van der Waals surface area contributed by atoms with E-state index in [1.807, 2.05) is 66.7 Å². The molecule has 1 fully saturated rings. The molecule has 1 saturated heterocycles. The molecule has 0 unspecified atom stereocenters. The molecule has 4 heteroatoms. The van der Waals surface area contributed by atoms with E-state index >= 15 is 0 Å². The first kappa shape index (κ1) is 14.3. The van der Waals surface area contributed by atoms with E-state index in [4.69, 9.17) is 9.47 Å². The van der Waals surface area contributed by atoms with Gasteiger partial charge < -0.3 is 14.6 Å². The van der Waals surface area contributed by atoms with E-state index in [1.165, 1.54) is 0 Å². The van der Waals surface area contributed by atoms with E-state index in [0.29, 0.717) is 11.1 Å². The quantitative estimate of drug-likeness (QED) is 0.698. The third-order valence-electron chi connectivity index (χ3n) is 4.02. The molecule has 0 aliphatic carbocycles. The third kappa shape index (κ3) is 2.38. The zero-order valence-corrected chi connectivity index (χ0v) is 12.7. The van der Waals surface area contributed by atoms with E-state index < -0.39 is 12.4 Å². The summed E-state index contributed by atoms with van der Waals surface area (Å²) in [6, 6.07) is 23.1. The Morgan fingerprint density at radius 2 is 1.33 bits per heavy atom. The fourth-order valence-corrected chi connectivity index (χ4v) is 2.86. The van der Waals surface area contributed by atoms with Gasteiger partial charge in [-0.1, -0.05) is 66.7 Å². The van der Waals surface area contributed by atoms with Crippen molar-refractivity contribution in [2.24, 2.45) is 0 Å². The van der Waals surface area contributed by atoms with Crippen molar-refractivity contribution >= 4 is 6.16 Å². The summed E-state index contributed by atoms with van der Waals surface area (Å²) in [4.78, 5) is 10.9. The molecule has 0 aromatic heterocycles. The largest absolute Gasteiger partial charge is 0.515 e. The van der Waals surface area contributed by atoms with Crippen molar-refractivity contribution in [2.75, 3.05) is 0 Å². The second-order valence-corrected chi connectivity index (χ2v) is 5.48. The number of hydrogen-bond acceptors (Lipinski definition) is 4. The second-order valence-electron chi connectivity index (χ2n) is 5.48. The Balaban J connectivity index is 1.91. The minimum absolute atomic E-state index is 0.0556. The average molecular weight is 318 g/mol. The van der Waals surface area contributed by atoms with Crippen LogP contribution in [0.2, 0.25) is 0 Å². The molecule has 0 spiro atoms. The van der Waals surface area contributed by atoms with Crippen LogP contribution < -0.4 is 0 Å². The van der Waals surface area contributed by atoms with Gasteiger partial charge in [0.25, 0.3) is 6.29 Å². The average Bonchev–Trinajstić information content (AvgIpc) is 2.60. The van der Waals surface area contributed by atoms with Crippen LogP contribution in [0.25, 0.3) is 22.3 Å². The molecule has 1 aliphatic heterocycles. The van der Waals surface area contributed by atoms with E-state index in [0.717, 1.165) is 16.7 Å². The number of cyclic esters (lactones) is 2. The Bertz CT molecular complexity index is 880. The number of rotatable bonds is 3. The minimum atomic E-state index is -0.857. The maximum atomic E-state index is 10.9. The van der Waals surface area contributed by atoms with Crippen LogP contribution >= 0.6 is 0 Å². The molecule has 4 nitrogen and oxygen atoms in total. The summed E-state index contributed by atoms with van der Waals surface area (Å²) in [5, 5.41) is 10.8. The lowest BCUT2D eigenvalue weighted by Gasteiger charge is -2.27. The van der Waals surface area contributed by atoms with Gasteiger partial charge >= 0.3 is 6.16 Å². The molecule has 0 bridgehead atoms. The number of phenols is 1. The van der Waals surface area contributed by atoms with Crippen LogP contribution in [0.15, 0.2) is 72.8 Å². The van der Waals surface area contributed by atoms with E-state index in [2.05, 4.69) is 0 Å². The number of phenolic OH excluding ortho intramolecular Hbond substituents is 1. The van der Waals surface area contributed by atoms with Crippen molar-refractivity contribution < 1.29 is 19.4 Å². The zero-order valence-electron chi connectivity index (χ0n) is 12.7. The SMILES string of the molecule is O=C1OC(c2ccc(-c3ccccc3)c(-c3ccccc3)c2O)O1. The molecule has 3 aromatic carbocycles. The first-order valence-corrected chi connectivity index (χ1v) is 7.58. The highest BCUT2D eigenvalue weighted by molar-refractivity contribution is 5.88. The highest BCUT2D eigenvalue weighted by Gasteiger charge is 2.35. The maximum Gasteiger partial charge on any atom is 0.515 e. The topological polar surface area (TPSA) is 55.8 Å². The zero-order chi connectivity index (χ0) is 16.5. The van der Waals surface area contributed by atoms with Gasteiger partial charge in [0, 0.05) is 5.56 Å². The van der Waals surface area contributed by atoms with Crippen LogP contribution in [0.1, 0.15) is 11.9 Å². The number of hydrogen-bond donors (Lipinski definition) is 1. The van der Waals surface area contributed by atoms with E-state index in [1.54, 1.807) is 6.07 Å². The molecule has 0 amide bonds. The Morgan fingerprint density at radius 1 is 0.750 bits per heavy atom. The summed E-state index contributed by atoms with van der Waals surface area (Å²) in [6.45, 7) is 0. The fourth-order valence-electron chi connectivity index (χ4n) is 2.86. The molecule has 0 saturated carbocycles. The standard InChI is InChI=1S/C20H14O4/c21-18-16(19-23-20(22)24-19)12-11-15(13-7-3-1-4-8-13)17(18)14-9-5-2-6-10-14/h1-12,19,21H. The minimum Gasteiger partial charge on any atom is -0.507 e. The molecular formula is C20H14O4. The Labute approximate surface area is 138 Å². The first-order valence-electron chi connectivity index (χ1n) is 7.58. The molecule has 3 aromatic rings. The fraction of sp³-hybridized carbons (Fsp3) is 0.0500. The van der Waals surface area contributed by atoms with Gasteiger partial charge in [0.05, 0.1) is 5.56 Å². The highest BCUT2D eigenvalue weighted by atomic mass is 16.9. The van der Waals surface area contributed by atoms with Crippen LogP contribution in [0, 0.1) is 0 Å². The van der Waals surface area contributed by atoms with Crippen molar-refractivity contribution in [1.29, 1.82) is 0 Å². The molecule has 24 heavy (non-hydrogen) atoms. The summed E-state index contributed by atoms with van der Waals surface area (Å²) >= 11 is 0. The Hall–Kier alpha value is -3.27. The van der Waals surface area contributed by atoms with Gasteiger partial charge in [0.1, 0.15) is 5.75 Å². The molecule has 118 valence electrons. The Kier molecular flexibility index (Phi) is 3.43. The molecular weight excluding hydrogens is 304 g/mol. The van der Waals surface area contributed by atoms with Gasteiger partial charge in [0.2, 0.25) is 0 Å². The summed E-state index contributed by atoms with van der Waals surface area (Å²) in [5.74, 6) is 0.0556. The first-order chi connectivity index (χ1) is 11.7. The maximum absolute atomic E-state index is 10.9. The van der Waals surface area contributed by atoms with Gasteiger partial charge in [-0.15, -0.1) is 0 Å². The van der Waals surface area contributed by atoms with Crippen LogP contribution in [-0.4, -0.2) is 11.3 Å². The van der Waals surface area contributed by atoms with Crippen molar-refractivity contribution in [3.05, 3.63) is 78.4 Å². The van der Waals surface area contributed by atoms with Gasteiger partial charge in [-0.2, -0.15) is 0 Å². The lowest BCUT2D eigenvalue weighted by molar-refractivity contribution is -0.187. The van der Waals surface area contributed by atoms with Crippen molar-refractivity contribution in [1.82, 2.24) is 0 Å². The highest BCUT2D eigenvalue weighted by Crippen LogP contribution is 2.45. The smallest absolute Gasteiger partial charge is 0.507 e. The molecule has 4 rings (SSSR count). The van der Waals surface area contributed by atoms with Crippen molar-refractivity contribution in [3.63, 3.8) is 0 Å². The molecule has 0 radical (unpaired) electrons. The summed E-state index contributed by atoms with van der Waals surface area (Å²) < 4.78 is 9.84.